The molecule has 1 aromatic carbocycles. The van der Waals surface area contributed by atoms with Crippen LogP contribution in [0, 0.1) is 16.0 Å². The minimum Gasteiger partial charge on any atom is -0.357 e. The van der Waals surface area contributed by atoms with Gasteiger partial charge in [-0.3, -0.25) is 19.9 Å². The fourth-order valence-corrected chi connectivity index (χ4v) is 3.45. The Morgan fingerprint density at radius 2 is 1.90 bits per heavy atom. The van der Waals surface area contributed by atoms with E-state index in [4.69, 9.17) is 0 Å². The number of rotatable bonds is 11. The van der Waals surface area contributed by atoms with Crippen molar-refractivity contribution in [2.45, 2.75) is 24.7 Å². The van der Waals surface area contributed by atoms with Gasteiger partial charge in [0, 0.05) is 44.2 Å². The van der Waals surface area contributed by atoms with Gasteiger partial charge < -0.3 is 16.0 Å². The largest absolute Gasteiger partial charge is 0.357 e. The number of benzene rings is 1. The van der Waals surface area contributed by atoms with Crippen molar-refractivity contribution in [3.05, 3.63) is 34.4 Å². The van der Waals surface area contributed by atoms with E-state index in [0.717, 1.165) is 18.9 Å². The smallest absolute Gasteiger partial charge is 0.270 e. The summed E-state index contributed by atoms with van der Waals surface area (Å²) in [6.07, 6.45) is 1.91. The zero-order valence-electron chi connectivity index (χ0n) is 16.6. The molecule has 0 saturated heterocycles. The molecule has 1 saturated carbocycles. The molecule has 2 rings (SSSR count). The van der Waals surface area contributed by atoms with Crippen LogP contribution in [-0.4, -0.2) is 57.9 Å². The third-order valence-electron chi connectivity index (χ3n) is 4.02. The molecule has 0 heterocycles. The number of hydrogen-bond acceptors (Lipinski definition) is 6. The molecule has 1 amide bonds. The van der Waals surface area contributed by atoms with Crippen LogP contribution >= 0.6 is 24.0 Å². The highest BCUT2D eigenvalue weighted by Crippen LogP contribution is 2.28. The van der Waals surface area contributed by atoms with Crippen molar-refractivity contribution in [1.82, 2.24) is 20.7 Å². The van der Waals surface area contributed by atoms with E-state index in [0.29, 0.717) is 25.6 Å². The van der Waals surface area contributed by atoms with Gasteiger partial charge in [-0.15, -0.1) is 24.0 Å². The summed E-state index contributed by atoms with van der Waals surface area (Å²) in [5, 5.41) is 19.7. The number of nitrogens with one attached hydrogen (secondary N) is 4. The first-order valence-electron chi connectivity index (χ1n) is 9.37. The molecular formula is C17H27IN6O5S. The second kappa shape index (κ2) is 12.6. The van der Waals surface area contributed by atoms with E-state index in [9.17, 15) is 23.3 Å². The van der Waals surface area contributed by atoms with Crippen LogP contribution < -0.4 is 20.7 Å². The number of hydrogen-bond donors (Lipinski definition) is 4. The van der Waals surface area contributed by atoms with Crippen LogP contribution in [0.15, 0.2) is 34.2 Å². The Labute approximate surface area is 192 Å². The molecule has 13 heteroatoms. The number of nitro benzene ring substituents is 1. The molecule has 0 aliphatic heterocycles. The van der Waals surface area contributed by atoms with Crippen molar-refractivity contribution in [3.63, 3.8) is 0 Å². The van der Waals surface area contributed by atoms with Crippen LogP contribution in [0.2, 0.25) is 0 Å². The summed E-state index contributed by atoms with van der Waals surface area (Å²) >= 11 is 0. The Morgan fingerprint density at radius 1 is 1.20 bits per heavy atom. The number of carbonyl (C=O) groups is 1. The molecular weight excluding hydrogens is 527 g/mol. The van der Waals surface area contributed by atoms with Crippen molar-refractivity contribution in [2.75, 3.05) is 32.7 Å². The summed E-state index contributed by atoms with van der Waals surface area (Å²) in [5.74, 6) is 0.739. The Bertz CT molecular complexity index is 860. The Hall–Kier alpha value is -2.00. The van der Waals surface area contributed by atoms with Gasteiger partial charge in [0.15, 0.2) is 5.96 Å². The van der Waals surface area contributed by atoms with Crippen LogP contribution in [0.4, 0.5) is 5.69 Å². The maximum absolute atomic E-state index is 12.3. The van der Waals surface area contributed by atoms with Gasteiger partial charge in [0.25, 0.3) is 5.69 Å². The fraction of sp³-hybridized carbons (Fsp3) is 0.529. The zero-order valence-corrected chi connectivity index (χ0v) is 19.7. The van der Waals surface area contributed by atoms with Crippen molar-refractivity contribution < 1.29 is 18.1 Å². The molecule has 1 fully saturated rings. The molecule has 0 bridgehead atoms. The lowest BCUT2D eigenvalue weighted by atomic mass is 10.3. The van der Waals surface area contributed by atoms with E-state index >= 15 is 0 Å². The number of sulfonamides is 1. The molecule has 1 aliphatic rings. The molecule has 30 heavy (non-hydrogen) atoms. The van der Waals surface area contributed by atoms with Crippen molar-refractivity contribution >= 4 is 51.6 Å². The van der Waals surface area contributed by atoms with E-state index in [2.05, 4.69) is 25.7 Å². The third kappa shape index (κ3) is 8.79. The summed E-state index contributed by atoms with van der Waals surface area (Å²) in [6, 6.07) is 4.85. The lowest BCUT2D eigenvalue weighted by Crippen LogP contribution is -2.42. The maximum Gasteiger partial charge on any atom is 0.270 e. The number of nitro groups is 1. The van der Waals surface area contributed by atoms with Gasteiger partial charge in [-0.25, -0.2) is 13.1 Å². The highest BCUT2D eigenvalue weighted by Gasteiger charge is 2.28. The van der Waals surface area contributed by atoms with Gasteiger partial charge in [-0.1, -0.05) is 6.07 Å². The number of aliphatic imine (C=N–C) groups is 1. The molecule has 1 aromatic rings. The summed E-state index contributed by atoms with van der Waals surface area (Å²) in [4.78, 5) is 25.8. The lowest BCUT2D eigenvalue weighted by Gasteiger charge is -2.12. The first kappa shape index (κ1) is 26.0. The number of non-ortho nitro benzene ring substituents is 1. The summed E-state index contributed by atoms with van der Waals surface area (Å²) in [5.41, 5.74) is -0.293. The predicted molar refractivity (Wildman–Crippen MR) is 123 cm³/mol. The van der Waals surface area contributed by atoms with E-state index in [1.165, 1.54) is 18.2 Å². The molecule has 0 atom stereocenters. The molecule has 0 unspecified atom stereocenters. The monoisotopic (exact) mass is 554 g/mol. The van der Waals surface area contributed by atoms with Gasteiger partial charge in [0.2, 0.25) is 15.9 Å². The predicted octanol–water partition coefficient (Wildman–Crippen LogP) is 0.572. The van der Waals surface area contributed by atoms with Crippen LogP contribution in [-0.2, 0) is 14.8 Å². The first-order chi connectivity index (χ1) is 13.8. The lowest BCUT2D eigenvalue weighted by molar-refractivity contribution is -0.385. The average Bonchev–Trinajstić information content (AvgIpc) is 3.53. The SMILES string of the molecule is CCNC(=NCCNS(=O)(=O)c1cccc([N+](=O)[O-])c1)NCCNC(=O)C1CC1.I. The molecule has 168 valence electrons. The second-order valence-electron chi connectivity index (χ2n) is 6.40. The van der Waals surface area contributed by atoms with E-state index in [1.54, 1.807) is 0 Å². The van der Waals surface area contributed by atoms with Gasteiger partial charge in [0.05, 0.1) is 16.4 Å². The summed E-state index contributed by atoms with van der Waals surface area (Å²) < 4.78 is 26.9. The highest BCUT2D eigenvalue weighted by molar-refractivity contribution is 14.0. The Balaban J connectivity index is 0.00000450. The minimum atomic E-state index is -3.87. The molecule has 0 spiro atoms. The molecule has 4 N–H and O–H groups in total. The second-order valence-corrected chi connectivity index (χ2v) is 8.17. The van der Waals surface area contributed by atoms with Gasteiger partial charge in [0.1, 0.15) is 0 Å². The van der Waals surface area contributed by atoms with Crippen molar-refractivity contribution in [1.29, 1.82) is 0 Å². The van der Waals surface area contributed by atoms with Crippen LogP contribution in [0.3, 0.4) is 0 Å². The third-order valence-corrected chi connectivity index (χ3v) is 5.48. The molecule has 0 radical (unpaired) electrons. The standard InChI is InChI=1S/C17H26N6O5S.HI/c1-2-18-17(20-9-8-19-16(24)13-6-7-13)21-10-11-22-29(27,28)15-5-3-4-14(12-15)23(25)26;/h3-5,12-13,22H,2,6-11H2,1H3,(H,19,24)(H2,18,20,21);1H. The van der Waals surface area contributed by atoms with Crippen LogP contribution in [0.1, 0.15) is 19.8 Å². The minimum absolute atomic E-state index is 0. The number of nitrogens with zero attached hydrogens (tertiary/aromatic N) is 2. The fourth-order valence-electron chi connectivity index (χ4n) is 2.39. The van der Waals surface area contributed by atoms with E-state index in [1.807, 2.05) is 6.92 Å². The number of guanidine groups is 1. The average molecular weight is 554 g/mol. The summed E-state index contributed by atoms with van der Waals surface area (Å²) in [6.45, 7) is 3.68. The van der Waals surface area contributed by atoms with Crippen molar-refractivity contribution in [3.8, 4) is 0 Å². The van der Waals surface area contributed by atoms with E-state index < -0.39 is 14.9 Å². The van der Waals surface area contributed by atoms with E-state index in [-0.39, 0.29) is 59.5 Å². The maximum atomic E-state index is 12.3. The van der Waals surface area contributed by atoms with Crippen molar-refractivity contribution in [2.24, 2.45) is 10.9 Å². The Kier molecular flexibility index (Phi) is 11.0. The normalized spacial score (nSPS) is 13.8. The van der Waals surface area contributed by atoms with Gasteiger partial charge in [-0.2, -0.15) is 0 Å². The summed E-state index contributed by atoms with van der Waals surface area (Å²) in [7, 11) is -3.87. The van der Waals surface area contributed by atoms with Crippen LogP contribution in [0.25, 0.3) is 0 Å². The molecule has 11 nitrogen and oxygen atoms in total. The first-order valence-corrected chi connectivity index (χ1v) is 10.9. The van der Waals surface area contributed by atoms with Gasteiger partial charge >= 0.3 is 0 Å². The molecule has 1 aliphatic carbocycles. The number of amides is 1. The quantitative estimate of drug-likeness (QED) is 0.0779. The number of carbonyl (C=O) groups excluding carboxylic acids is 1. The molecule has 0 aromatic heterocycles. The topological polar surface area (TPSA) is 155 Å². The highest BCUT2D eigenvalue weighted by atomic mass is 127. The van der Waals surface area contributed by atoms with Gasteiger partial charge in [-0.05, 0) is 25.8 Å². The van der Waals surface area contributed by atoms with Crippen LogP contribution in [0.5, 0.6) is 0 Å². The zero-order chi connectivity index (χ0) is 21.3. The number of halogens is 1. The Morgan fingerprint density at radius 3 is 2.53 bits per heavy atom.